The van der Waals surface area contributed by atoms with E-state index in [4.69, 9.17) is 0 Å². The molecule has 0 bridgehead atoms. The summed E-state index contributed by atoms with van der Waals surface area (Å²) in [6, 6.07) is 10.3. The van der Waals surface area contributed by atoms with Crippen molar-refractivity contribution < 1.29 is 8.42 Å². The second-order valence-corrected chi connectivity index (χ2v) is 6.91. The van der Waals surface area contributed by atoms with E-state index in [2.05, 4.69) is 25.9 Å². The number of aliphatic imine (C=N–C) groups is 1. The third-order valence-corrected chi connectivity index (χ3v) is 5.38. The summed E-state index contributed by atoms with van der Waals surface area (Å²) >= 11 is 3.36. The molecule has 0 aliphatic carbocycles. The molecule has 7 heteroatoms. The molecular weight excluding hydrogens is 342 g/mol. The van der Waals surface area contributed by atoms with E-state index in [9.17, 15) is 8.42 Å². The van der Waals surface area contributed by atoms with Crippen molar-refractivity contribution >= 4 is 38.0 Å². The molecule has 20 heavy (non-hydrogen) atoms. The van der Waals surface area contributed by atoms with Crippen LogP contribution in [0.2, 0.25) is 0 Å². The lowest BCUT2D eigenvalue weighted by atomic mass is 10.3. The molecule has 1 aromatic carbocycles. The second-order valence-electron chi connectivity index (χ2n) is 4.19. The Hall–Kier alpha value is -1.73. The van der Waals surface area contributed by atoms with Crippen molar-refractivity contribution in [2.75, 3.05) is 0 Å². The normalized spacial score (nSPS) is 15.9. The Balaban J connectivity index is 2.00. The highest BCUT2D eigenvalue weighted by Crippen LogP contribution is 2.31. The van der Waals surface area contributed by atoms with Gasteiger partial charge in [0.2, 0.25) is 0 Å². The first kappa shape index (κ1) is 13.3. The number of nitrogens with zero attached hydrogens (tertiary/aromatic N) is 3. The molecule has 0 atom stereocenters. The number of fused-ring (bicyclic) bond motifs is 1. The minimum absolute atomic E-state index is 0.140. The average molecular weight is 352 g/mol. The third kappa shape index (κ3) is 2.23. The third-order valence-electron chi connectivity index (χ3n) is 2.92. The highest BCUT2D eigenvalue weighted by molar-refractivity contribution is 9.10. The Morgan fingerprint density at radius 2 is 1.95 bits per heavy atom. The fraction of sp³-hybridized carbons (Fsp3) is 0.0769. The number of sulfonamides is 1. The van der Waals surface area contributed by atoms with Crippen molar-refractivity contribution in [2.45, 2.75) is 11.4 Å². The van der Waals surface area contributed by atoms with Crippen molar-refractivity contribution in [3.63, 3.8) is 0 Å². The van der Waals surface area contributed by atoms with E-state index < -0.39 is 10.0 Å². The second kappa shape index (κ2) is 4.99. The van der Waals surface area contributed by atoms with E-state index in [1.54, 1.807) is 36.5 Å². The van der Waals surface area contributed by atoms with E-state index in [0.717, 1.165) is 4.47 Å². The van der Waals surface area contributed by atoms with Gasteiger partial charge in [0.15, 0.2) is 0 Å². The van der Waals surface area contributed by atoms with Gasteiger partial charge in [0.1, 0.15) is 11.2 Å². The van der Waals surface area contributed by atoms with Crippen LogP contribution in [0.25, 0.3) is 0 Å². The van der Waals surface area contributed by atoms with Gasteiger partial charge in [-0.15, -0.1) is 0 Å². The summed E-state index contributed by atoms with van der Waals surface area (Å²) in [4.78, 5) is 8.57. The highest BCUT2D eigenvalue weighted by Gasteiger charge is 2.28. The summed E-state index contributed by atoms with van der Waals surface area (Å²) in [5.74, 6) is 0. The molecule has 1 aliphatic heterocycles. The zero-order chi connectivity index (χ0) is 14.2. The van der Waals surface area contributed by atoms with E-state index in [1.165, 1.54) is 10.6 Å². The van der Waals surface area contributed by atoms with Crippen LogP contribution in [0.15, 0.2) is 57.0 Å². The van der Waals surface area contributed by atoms with Crippen molar-refractivity contribution in [1.29, 1.82) is 0 Å². The van der Waals surface area contributed by atoms with Gasteiger partial charge >= 0.3 is 0 Å². The monoisotopic (exact) mass is 351 g/mol. The zero-order valence-corrected chi connectivity index (χ0v) is 12.7. The van der Waals surface area contributed by atoms with Crippen LogP contribution in [0.3, 0.4) is 0 Å². The molecule has 1 aliphatic rings. The fourth-order valence-corrected chi connectivity index (χ4v) is 3.64. The van der Waals surface area contributed by atoms with Crippen molar-refractivity contribution in [3.8, 4) is 0 Å². The fourth-order valence-electron chi connectivity index (χ4n) is 1.91. The SMILES string of the molecule is O=S1(=O)c2ccccc2N=CN1Cc1ncccc1Br. The van der Waals surface area contributed by atoms with Gasteiger partial charge < -0.3 is 0 Å². The molecule has 0 fully saturated rings. The number of hydrogen-bond donors (Lipinski definition) is 0. The van der Waals surface area contributed by atoms with Gasteiger partial charge in [0.25, 0.3) is 10.0 Å². The van der Waals surface area contributed by atoms with Gasteiger partial charge in [0, 0.05) is 10.7 Å². The summed E-state index contributed by atoms with van der Waals surface area (Å²) in [6.45, 7) is 0.140. The van der Waals surface area contributed by atoms with E-state index in [0.29, 0.717) is 11.4 Å². The molecule has 5 nitrogen and oxygen atoms in total. The van der Waals surface area contributed by atoms with Crippen LogP contribution in [-0.2, 0) is 16.6 Å². The maximum Gasteiger partial charge on any atom is 0.267 e. The molecule has 0 spiro atoms. The molecule has 0 saturated heterocycles. The Kier molecular flexibility index (Phi) is 3.31. The molecule has 2 aromatic rings. The van der Waals surface area contributed by atoms with Gasteiger partial charge in [-0.2, -0.15) is 0 Å². The molecule has 3 rings (SSSR count). The van der Waals surface area contributed by atoms with Crippen molar-refractivity contribution in [3.05, 3.63) is 52.8 Å². The van der Waals surface area contributed by atoms with Crippen LogP contribution in [-0.4, -0.2) is 24.0 Å². The van der Waals surface area contributed by atoms with Crippen molar-refractivity contribution in [2.24, 2.45) is 4.99 Å². The molecule has 0 N–H and O–H groups in total. The first-order valence-corrected chi connectivity index (χ1v) is 8.07. The first-order valence-electron chi connectivity index (χ1n) is 5.83. The predicted molar refractivity (Wildman–Crippen MR) is 79.3 cm³/mol. The van der Waals surface area contributed by atoms with E-state index in [1.807, 2.05) is 6.07 Å². The summed E-state index contributed by atoms with van der Waals surface area (Å²) < 4.78 is 27.0. The molecule has 0 saturated carbocycles. The Bertz CT molecular complexity index is 790. The lowest BCUT2D eigenvalue weighted by Crippen LogP contribution is -2.31. The Labute approximate surface area is 125 Å². The first-order chi connectivity index (χ1) is 9.59. The highest BCUT2D eigenvalue weighted by atomic mass is 79.9. The average Bonchev–Trinajstić information content (AvgIpc) is 2.44. The van der Waals surface area contributed by atoms with Gasteiger partial charge in [-0.05, 0) is 40.2 Å². The lowest BCUT2D eigenvalue weighted by molar-refractivity contribution is 0.517. The number of pyridine rings is 1. The number of aromatic nitrogens is 1. The van der Waals surface area contributed by atoms with Crippen LogP contribution >= 0.6 is 15.9 Å². The van der Waals surface area contributed by atoms with Crippen LogP contribution in [0.5, 0.6) is 0 Å². The minimum atomic E-state index is -3.57. The van der Waals surface area contributed by atoms with Crippen LogP contribution in [0.1, 0.15) is 5.69 Å². The van der Waals surface area contributed by atoms with Gasteiger partial charge in [0.05, 0.1) is 17.9 Å². The lowest BCUT2D eigenvalue weighted by Gasteiger charge is -2.23. The molecule has 2 heterocycles. The van der Waals surface area contributed by atoms with E-state index in [-0.39, 0.29) is 11.4 Å². The van der Waals surface area contributed by atoms with Crippen LogP contribution in [0.4, 0.5) is 5.69 Å². The summed E-state index contributed by atoms with van der Waals surface area (Å²) in [7, 11) is -3.57. The molecule has 0 amide bonds. The number of para-hydroxylation sites is 1. The smallest absolute Gasteiger partial charge is 0.258 e. The van der Waals surface area contributed by atoms with Crippen LogP contribution in [0, 0.1) is 0 Å². The van der Waals surface area contributed by atoms with Gasteiger partial charge in [-0.3, -0.25) is 9.29 Å². The molecular formula is C13H10BrN3O2S. The Morgan fingerprint density at radius 3 is 2.75 bits per heavy atom. The summed E-state index contributed by atoms with van der Waals surface area (Å²) in [6.07, 6.45) is 2.96. The number of hydrogen-bond acceptors (Lipinski definition) is 4. The summed E-state index contributed by atoms with van der Waals surface area (Å²) in [5.41, 5.74) is 1.10. The van der Waals surface area contributed by atoms with Crippen molar-refractivity contribution in [1.82, 2.24) is 9.29 Å². The minimum Gasteiger partial charge on any atom is -0.258 e. The number of benzene rings is 1. The maximum atomic E-state index is 12.5. The van der Waals surface area contributed by atoms with Crippen LogP contribution < -0.4 is 0 Å². The maximum absolute atomic E-state index is 12.5. The standard InChI is InChI=1S/C13H10BrN3O2S/c14-10-4-3-7-15-12(10)8-17-9-16-11-5-1-2-6-13(11)20(17,18)19/h1-7,9H,8H2. The quantitative estimate of drug-likeness (QED) is 0.835. The van der Waals surface area contributed by atoms with Gasteiger partial charge in [-0.25, -0.2) is 13.4 Å². The largest absolute Gasteiger partial charge is 0.267 e. The number of rotatable bonds is 2. The number of halogens is 1. The summed E-state index contributed by atoms with van der Waals surface area (Å²) in [5, 5.41) is 0. The Morgan fingerprint density at radius 1 is 1.15 bits per heavy atom. The molecule has 0 unspecified atom stereocenters. The topological polar surface area (TPSA) is 62.6 Å². The predicted octanol–water partition coefficient (Wildman–Crippen LogP) is 2.71. The molecule has 102 valence electrons. The zero-order valence-electron chi connectivity index (χ0n) is 10.3. The molecule has 0 radical (unpaired) electrons. The van der Waals surface area contributed by atoms with Gasteiger partial charge in [-0.1, -0.05) is 12.1 Å². The van der Waals surface area contributed by atoms with E-state index >= 15 is 0 Å². The molecule has 1 aromatic heterocycles.